The van der Waals surface area contributed by atoms with E-state index >= 15 is 0 Å². The fraction of sp³-hybridized carbons (Fsp3) is 0.469. The first-order chi connectivity index (χ1) is 20.9. The number of carbonyl (C=O) groups is 2. The van der Waals surface area contributed by atoms with Crippen molar-refractivity contribution in [3.05, 3.63) is 41.7 Å². The molecule has 234 valence electrons. The lowest BCUT2D eigenvalue weighted by Crippen LogP contribution is -2.42. The van der Waals surface area contributed by atoms with E-state index in [1.807, 2.05) is 65.2 Å². The van der Waals surface area contributed by atoms with Crippen LogP contribution >= 0.6 is 0 Å². The third-order valence-corrected chi connectivity index (χ3v) is 7.57. The average molecular weight is 605 g/mol. The smallest absolute Gasteiger partial charge is 0.410 e. The second-order valence-electron chi connectivity index (χ2n) is 12.0. The number of ether oxygens (including phenoxy) is 4. The second-order valence-corrected chi connectivity index (χ2v) is 12.0. The first-order valence-electron chi connectivity index (χ1n) is 14.7. The number of aryl methyl sites for hydroxylation is 2. The number of hydrogen-bond donors (Lipinski definition) is 0. The maximum Gasteiger partial charge on any atom is 0.410 e. The first-order valence-corrected chi connectivity index (χ1v) is 14.7. The maximum absolute atomic E-state index is 13.3. The molecule has 4 aromatic rings. The number of fused-ring (bicyclic) bond motifs is 2. The van der Waals surface area contributed by atoms with Gasteiger partial charge in [0.2, 0.25) is 0 Å². The maximum atomic E-state index is 13.3. The average Bonchev–Trinajstić information content (AvgIpc) is 3.61. The molecule has 0 aliphatic carbocycles. The molecule has 3 heterocycles. The lowest BCUT2D eigenvalue weighted by atomic mass is 10.0. The van der Waals surface area contributed by atoms with Crippen molar-refractivity contribution >= 4 is 39.6 Å². The highest BCUT2D eigenvalue weighted by atomic mass is 16.7. The summed E-state index contributed by atoms with van der Waals surface area (Å²) in [5.74, 6) is 0.315. The zero-order valence-corrected chi connectivity index (χ0v) is 26.6. The van der Waals surface area contributed by atoms with E-state index in [1.165, 1.54) is 0 Å². The second kappa shape index (κ2) is 12.3. The Morgan fingerprint density at radius 3 is 2.64 bits per heavy atom. The lowest BCUT2D eigenvalue weighted by Gasteiger charge is -2.29. The Labute approximate surface area is 256 Å². The van der Waals surface area contributed by atoms with Crippen molar-refractivity contribution in [1.29, 1.82) is 0 Å². The molecule has 0 radical (unpaired) electrons. The Balaban J connectivity index is 1.54. The van der Waals surface area contributed by atoms with E-state index < -0.39 is 11.6 Å². The molecule has 12 heteroatoms. The number of esters is 1. The summed E-state index contributed by atoms with van der Waals surface area (Å²) in [6.45, 7) is 10.8. The number of methoxy groups -OCH3 is 1. The molecule has 2 aromatic heterocycles. The summed E-state index contributed by atoms with van der Waals surface area (Å²) in [7, 11) is 5.18. The summed E-state index contributed by atoms with van der Waals surface area (Å²) in [6.07, 6.45) is 2.35. The number of hydrogen-bond acceptors (Lipinski definition) is 10. The van der Waals surface area contributed by atoms with Gasteiger partial charge in [-0.15, -0.1) is 0 Å². The molecule has 0 unspecified atom stereocenters. The predicted octanol–water partition coefficient (Wildman–Crippen LogP) is 5.10. The van der Waals surface area contributed by atoms with Gasteiger partial charge < -0.3 is 28.7 Å². The number of aromatic nitrogens is 4. The molecule has 1 fully saturated rings. The molecule has 0 saturated carbocycles. The molecule has 0 bridgehead atoms. The van der Waals surface area contributed by atoms with Crippen molar-refractivity contribution in [3.63, 3.8) is 0 Å². The summed E-state index contributed by atoms with van der Waals surface area (Å²) in [6, 6.07) is 7.67. The number of anilines is 1. The molecule has 0 N–H and O–H groups in total. The minimum atomic E-state index is -0.566. The zero-order valence-electron chi connectivity index (χ0n) is 26.6. The van der Waals surface area contributed by atoms with Crippen molar-refractivity contribution in [2.24, 2.45) is 7.05 Å². The van der Waals surface area contributed by atoms with Gasteiger partial charge in [0.25, 0.3) is 0 Å². The third-order valence-electron chi connectivity index (χ3n) is 7.57. The van der Waals surface area contributed by atoms with E-state index in [-0.39, 0.29) is 31.2 Å². The highest BCUT2D eigenvalue weighted by molar-refractivity contribution is 6.03. The van der Waals surface area contributed by atoms with Crippen LogP contribution in [0.5, 0.6) is 5.75 Å². The van der Waals surface area contributed by atoms with Gasteiger partial charge in [0.05, 0.1) is 29.2 Å². The van der Waals surface area contributed by atoms with Gasteiger partial charge in [0.15, 0.2) is 18.3 Å². The standard InChI is InChI=1S/C32H40N6O6/c1-9-42-30(39)27-23-15-21(38-13-12-22(17-38)37(7)31(40)44-32(3,4)5)10-11-25(23)33-29(34-27)24-14-20-16-36(6)35-26(20)19(2)28(24)43-18-41-8/h10-11,14-16,22H,9,12-13,17-18H2,1-8H3/t22-/m0/s1. The summed E-state index contributed by atoms with van der Waals surface area (Å²) in [5.41, 5.74) is 3.30. The van der Waals surface area contributed by atoms with Crippen LogP contribution in [-0.4, -0.2) is 89.0 Å². The molecule has 1 saturated heterocycles. The molecule has 0 spiro atoms. The largest absolute Gasteiger partial charge is 0.466 e. The van der Waals surface area contributed by atoms with E-state index in [4.69, 9.17) is 28.9 Å². The van der Waals surface area contributed by atoms with Gasteiger partial charge in [-0.3, -0.25) is 4.68 Å². The molecule has 2 aromatic carbocycles. The van der Waals surface area contributed by atoms with Crippen molar-refractivity contribution in [2.75, 3.05) is 45.5 Å². The van der Waals surface area contributed by atoms with Crippen LogP contribution in [0.25, 0.3) is 33.2 Å². The number of nitrogens with zero attached hydrogens (tertiary/aromatic N) is 6. The van der Waals surface area contributed by atoms with E-state index in [2.05, 4.69) is 10.00 Å². The quantitative estimate of drug-likeness (QED) is 0.198. The van der Waals surface area contributed by atoms with Crippen molar-refractivity contribution in [1.82, 2.24) is 24.6 Å². The zero-order chi connectivity index (χ0) is 31.8. The molecular weight excluding hydrogens is 564 g/mol. The lowest BCUT2D eigenvalue weighted by molar-refractivity contribution is 0.0237. The first kappa shape index (κ1) is 31.0. The molecule has 44 heavy (non-hydrogen) atoms. The number of benzene rings is 2. The van der Waals surface area contributed by atoms with Crippen LogP contribution in [0.15, 0.2) is 30.5 Å². The van der Waals surface area contributed by atoms with Crippen LogP contribution in [0, 0.1) is 6.92 Å². The van der Waals surface area contributed by atoms with Crippen LogP contribution in [0.1, 0.15) is 50.2 Å². The fourth-order valence-corrected chi connectivity index (χ4v) is 5.47. The number of amides is 1. The third kappa shape index (κ3) is 6.26. The van der Waals surface area contributed by atoms with Crippen LogP contribution in [0.4, 0.5) is 10.5 Å². The minimum absolute atomic E-state index is 0.0140. The van der Waals surface area contributed by atoms with Crippen LogP contribution < -0.4 is 9.64 Å². The summed E-state index contributed by atoms with van der Waals surface area (Å²) < 4.78 is 23.9. The van der Waals surface area contributed by atoms with Gasteiger partial charge in [-0.1, -0.05) is 0 Å². The van der Waals surface area contributed by atoms with Crippen LogP contribution in [0.2, 0.25) is 0 Å². The fourth-order valence-electron chi connectivity index (χ4n) is 5.47. The topological polar surface area (TPSA) is 121 Å². The summed E-state index contributed by atoms with van der Waals surface area (Å²) in [4.78, 5) is 39.5. The van der Waals surface area contributed by atoms with Crippen LogP contribution in [0.3, 0.4) is 0 Å². The Kier molecular flexibility index (Phi) is 8.64. The molecule has 1 amide bonds. The molecule has 12 nitrogen and oxygen atoms in total. The van der Waals surface area contributed by atoms with Crippen LogP contribution in [-0.2, 0) is 21.3 Å². The van der Waals surface area contributed by atoms with Gasteiger partial charge >= 0.3 is 12.1 Å². The normalized spacial score (nSPS) is 15.2. The Hall–Kier alpha value is -4.45. The molecule has 1 atom stereocenters. The highest BCUT2D eigenvalue weighted by Gasteiger charge is 2.32. The Bertz CT molecular complexity index is 1710. The van der Waals surface area contributed by atoms with Gasteiger partial charge in [0.1, 0.15) is 11.4 Å². The van der Waals surface area contributed by atoms with E-state index in [9.17, 15) is 9.59 Å². The van der Waals surface area contributed by atoms with E-state index in [0.29, 0.717) is 34.6 Å². The number of carbonyl (C=O) groups excluding carboxylic acids is 2. The van der Waals surface area contributed by atoms with Gasteiger partial charge in [0, 0.05) is 62.5 Å². The van der Waals surface area contributed by atoms with Crippen molar-refractivity contribution < 1.29 is 28.5 Å². The van der Waals surface area contributed by atoms with Gasteiger partial charge in [-0.2, -0.15) is 5.10 Å². The SMILES string of the molecule is CCOC(=O)c1nc(-c2cc3cn(C)nc3c(C)c2OCOC)nc2ccc(N3CC[C@H](N(C)C(=O)OC(C)(C)C)C3)cc12. The number of rotatable bonds is 8. The van der Waals surface area contributed by atoms with Gasteiger partial charge in [-0.05, 0) is 65.3 Å². The Morgan fingerprint density at radius 1 is 1.16 bits per heavy atom. The van der Waals surface area contributed by atoms with Gasteiger partial charge in [-0.25, -0.2) is 19.6 Å². The molecule has 5 rings (SSSR count). The van der Waals surface area contributed by atoms with Crippen molar-refractivity contribution in [2.45, 2.75) is 52.7 Å². The molecule has 1 aliphatic rings. The van der Waals surface area contributed by atoms with E-state index in [0.717, 1.165) is 35.1 Å². The monoisotopic (exact) mass is 604 g/mol. The molecular formula is C32H40N6O6. The molecule has 1 aliphatic heterocycles. The predicted molar refractivity (Wildman–Crippen MR) is 167 cm³/mol. The number of likely N-dealkylation sites (N-methyl/N-ethyl adjacent to an activating group) is 1. The summed E-state index contributed by atoms with van der Waals surface area (Å²) in [5, 5.41) is 6.04. The Morgan fingerprint density at radius 2 is 1.93 bits per heavy atom. The van der Waals surface area contributed by atoms with Crippen molar-refractivity contribution in [3.8, 4) is 17.1 Å². The summed E-state index contributed by atoms with van der Waals surface area (Å²) >= 11 is 0. The highest BCUT2D eigenvalue weighted by Crippen LogP contribution is 2.38. The van der Waals surface area contributed by atoms with E-state index in [1.54, 1.807) is 30.7 Å². The minimum Gasteiger partial charge on any atom is -0.466 e.